The molecule has 0 amide bonds. The van der Waals surface area contributed by atoms with E-state index in [1.807, 2.05) is 7.05 Å². The van der Waals surface area contributed by atoms with Crippen LogP contribution in [0.1, 0.15) is 57.3 Å². The number of benzene rings is 1. The van der Waals surface area contributed by atoms with Gasteiger partial charge in [-0.05, 0) is 50.4 Å². The van der Waals surface area contributed by atoms with Gasteiger partial charge in [-0.2, -0.15) is 4.98 Å². The Hall–Kier alpha value is -1.59. The van der Waals surface area contributed by atoms with Crippen LogP contribution in [0.5, 0.6) is 5.75 Å². The van der Waals surface area contributed by atoms with Crippen LogP contribution in [0.2, 0.25) is 0 Å². The maximum absolute atomic E-state index is 5.79. The minimum atomic E-state index is -0.120. The van der Waals surface area contributed by atoms with E-state index >= 15 is 0 Å². The highest BCUT2D eigenvalue weighted by Gasteiger charge is 2.45. The fourth-order valence-corrected chi connectivity index (χ4v) is 3.20. The summed E-state index contributed by atoms with van der Waals surface area (Å²) >= 11 is 0. The second-order valence-corrected chi connectivity index (χ2v) is 7.57. The van der Waals surface area contributed by atoms with Gasteiger partial charge < -0.3 is 14.6 Å². The topological polar surface area (TPSA) is 60.2 Å². The van der Waals surface area contributed by atoms with E-state index in [0.29, 0.717) is 12.0 Å². The SMILES string of the molecule is CNC(C)Cc1noc(C2(c3ccc(OCC(C)C)cc3)CCC2)n1.Cl. The fraction of sp³-hybridized carbons (Fsp3) is 0.600. The van der Waals surface area contributed by atoms with Crippen molar-refractivity contribution in [2.75, 3.05) is 13.7 Å². The predicted octanol–water partition coefficient (Wildman–Crippen LogP) is 4.15. The second kappa shape index (κ2) is 8.87. The Kier molecular flexibility index (Phi) is 7.07. The Labute approximate surface area is 162 Å². The summed E-state index contributed by atoms with van der Waals surface area (Å²) in [4.78, 5) is 4.70. The highest BCUT2D eigenvalue weighted by Crippen LogP contribution is 2.48. The molecule has 144 valence electrons. The number of hydrogen-bond acceptors (Lipinski definition) is 5. The van der Waals surface area contributed by atoms with Crippen molar-refractivity contribution in [2.45, 2.75) is 57.9 Å². The lowest BCUT2D eigenvalue weighted by atomic mass is 9.64. The number of aromatic nitrogens is 2. The van der Waals surface area contributed by atoms with Gasteiger partial charge in [0.15, 0.2) is 5.82 Å². The summed E-state index contributed by atoms with van der Waals surface area (Å²) in [7, 11) is 1.95. The summed E-state index contributed by atoms with van der Waals surface area (Å²) in [6.45, 7) is 7.16. The van der Waals surface area contributed by atoms with Crippen LogP contribution in [-0.4, -0.2) is 29.8 Å². The predicted molar refractivity (Wildman–Crippen MR) is 105 cm³/mol. The summed E-state index contributed by atoms with van der Waals surface area (Å²) < 4.78 is 11.5. The van der Waals surface area contributed by atoms with Gasteiger partial charge >= 0.3 is 0 Å². The van der Waals surface area contributed by atoms with Gasteiger partial charge in [0.2, 0.25) is 5.89 Å². The third kappa shape index (κ3) is 4.38. The van der Waals surface area contributed by atoms with Gasteiger partial charge in [-0.3, -0.25) is 0 Å². The Morgan fingerprint density at radius 3 is 2.42 bits per heavy atom. The third-order valence-electron chi connectivity index (χ3n) is 5.06. The average Bonchev–Trinajstić information content (AvgIpc) is 3.01. The molecule has 1 heterocycles. The Morgan fingerprint density at radius 1 is 1.19 bits per heavy atom. The van der Waals surface area contributed by atoms with Crippen LogP contribution in [0.4, 0.5) is 0 Å². The first-order valence-corrected chi connectivity index (χ1v) is 9.27. The molecule has 0 spiro atoms. The fourth-order valence-electron chi connectivity index (χ4n) is 3.20. The van der Waals surface area contributed by atoms with Crippen LogP contribution in [0.15, 0.2) is 28.8 Å². The van der Waals surface area contributed by atoms with E-state index in [0.717, 1.165) is 43.3 Å². The third-order valence-corrected chi connectivity index (χ3v) is 5.06. The molecular weight excluding hydrogens is 350 g/mol. The largest absolute Gasteiger partial charge is 0.493 e. The maximum atomic E-state index is 5.79. The monoisotopic (exact) mass is 379 g/mol. The number of nitrogens with zero attached hydrogens (tertiary/aromatic N) is 2. The van der Waals surface area contributed by atoms with Crippen molar-refractivity contribution in [3.05, 3.63) is 41.5 Å². The molecule has 1 unspecified atom stereocenters. The molecule has 0 radical (unpaired) electrons. The molecule has 1 atom stereocenters. The molecule has 1 fully saturated rings. The van der Waals surface area contributed by atoms with Gasteiger partial charge in [-0.25, -0.2) is 0 Å². The first kappa shape index (κ1) is 20.7. The molecule has 26 heavy (non-hydrogen) atoms. The lowest BCUT2D eigenvalue weighted by Gasteiger charge is -2.39. The van der Waals surface area contributed by atoms with E-state index in [9.17, 15) is 0 Å². The van der Waals surface area contributed by atoms with Crippen molar-refractivity contribution >= 4 is 12.4 Å². The average molecular weight is 380 g/mol. The van der Waals surface area contributed by atoms with E-state index in [4.69, 9.17) is 14.2 Å². The molecule has 1 aromatic heterocycles. The van der Waals surface area contributed by atoms with Crippen LogP contribution >= 0.6 is 12.4 Å². The smallest absolute Gasteiger partial charge is 0.237 e. The molecule has 0 saturated heterocycles. The van der Waals surface area contributed by atoms with Crippen LogP contribution in [0.3, 0.4) is 0 Å². The quantitative estimate of drug-likeness (QED) is 0.746. The first-order valence-electron chi connectivity index (χ1n) is 9.27. The minimum Gasteiger partial charge on any atom is -0.493 e. The number of halogens is 1. The molecule has 0 bridgehead atoms. The van der Waals surface area contributed by atoms with Gasteiger partial charge in [-0.15, -0.1) is 12.4 Å². The maximum Gasteiger partial charge on any atom is 0.237 e. The number of ether oxygens (including phenoxy) is 1. The zero-order chi connectivity index (χ0) is 17.9. The minimum absolute atomic E-state index is 0. The van der Waals surface area contributed by atoms with Gasteiger partial charge in [0.05, 0.1) is 12.0 Å². The normalized spacial score (nSPS) is 16.7. The molecule has 0 aliphatic heterocycles. The van der Waals surface area contributed by atoms with Crippen molar-refractivity contribution in [3.8, 4) is 5.75 Å². The summed E-state index contributed by atoms with van der Waals surface area (Å²) in [5.41, 5.74) is 1.12. The summed E-state index contributed by atoms with van der Waals surface area (Å²) in [6, 6.07) is 8.74. The van der Waals surface area contributed by atoms with Crippen LogP contribution < -0.4 is 10.1 Å². The summed E-state index contributed by atoms with van der Waals surface area (Å²) in [5.74, 6) is 2.98. The van der Waals surface area contributed by atoms with E-state index in [-0.39, 0.29) is 17.8 Å². The Morgan fingerprint density at radius 2 is 1.88 bits per heavy atom. The standard InChI is InChI=1S/C20H29N3O2.ClH/c1-14(2)13-24-17-8-6-16(7-9-17)20(10-5-11-20)19-22-18(23-25-19)12-15(3)21-4;/h6-9,14-15,21H,5,10-13H2,1-4H3;1H. The molecule has 2 aromatic rings. The van der Waals surface area contributed by atoms with Gasteiger partial charge in [0, 0.05) is 12.5 Å². The number of likely N-dealkylation sites (N-methyl/N-ethyl adjacent to an activating group) is 1. The number of nitrogens with one attached hydrogen (secondary N) is 1. The Balaban J connectivity index is 0.00000243. The summed E-state index contributed by atoms with van der Waals surface area (Å²) in [5, 5.41) is 7.40. The zero-order valence-electron chi connectivity index (χ0n) is 16.1. The molecule has 5 nitrogen and oxygen atoms in total. The van der Waals surface area contributed by atoms with Gasteiger partial charge in [-0.1, -0.05) is 37.6 Å². The van der Waals surface area contributed by atoms with Crippen LogP contribution in [0, 0.1) is 5.92 Å². The molecular formula is C20H30ClN3O2. The van der Waals surface area contributed by atoms with E-state index in [1.165, 1.54) is 12.0 Å². The van der Waals surface area contributed by atoms with Gasteiger partial charge in [0.1, 0.15) is 5.75 Å². The number of hydrogen-bond donors (Lipinski definition) is 1. The van der Waals surface area contributed by atoms with E-state index < -0.39 is 0 Å². The van der Waals surface area contributed by atoms with Crippen molar-refractivity contribution in [2.24, 2.45) is 5.92 Å². The molecule has 1 saturated carbocycles. The lowest BCUT2D eigenvalue weighted by Crippen LogP contribution is -2.36. The molecule has 1 N–H and O–H groups in total. The van der Waals surface area contributed by atoms with E-state index in [2.05, 4.69) is 55.5 Å². The molecule has 1 aliphatic carbocycles. The number of rotatable bonds is 8. The van der Waals surface area contributed by atoms with Crippen molar-refractivity contribution < 1.29 is 9.26 Å². The highest BCUT2D eigenvalue weighted by atomic mass is 35.5. The van der Waals surface area contributed by atoms with Crippen molar-refractivity contribution in [3.63, 3.8) is 0 Å². The van der Waals surface area contributed by atoms with Crippen molar-refractivity contribution in [1.29, 1.82) is 0 Å². The first-order chi connectivity index (χ1) is 12.0. The van der Waals surface area contributed by atoms with Crippen LogP contribution in [-0.2, 0) is 11.8 Å². The van der Waals surface area contributed by atoms with Crippen LogP contribution in [0.25, 0.3) is 0 Å². The molecule has 1 aliphatic rings. The van der Waals surface area contributed by atoms with E-state index in [1.54, 1.807) is 0 Å². The highest BCUT2D eigenvalue weighted by molar-refractivity contribution is 5.85. The Bertz CT molecular complexity index is 681. The molecule has 3 rings (SSSR count). The van der Waals surface area contributed by atoms with Gasteiger partial charge in [0.25, 0.3) is 0 Å². The second-order valence-electron chi connectivity index (χ2n) is 7.57. The zero-order valence-corrected chi connectivity index (χ0v) is 16.9. The lowest BCUT2D eigenvalue weighted by molar-refractivity contribution is 0.215. The van der Waals surface area contributed by atoms with Crippen molar-refractivity contribution in [1.82, 2.24) is 15.5 Å². The molecule has 6 heteroatoms. The molecule has 1 aromatic carbocycles. The summed E-state index contributed by atoms with van der Waals surface area (Å²) in [6.07, 6.45) is 4.08.